The minimum absolute atomic E-state index is 0.0790. The molecule has 0 spiro atoms. The molecule has 7 nitrogen and oxygen atoms in total. The van der Waals surface area contributed by atoms with Gasteiger partial charge >= 0.3 is 12.0 Å². The van der Waals surface area contributed by atoms with Gasteiger partial charge in [-0.1, -0.05) is 0 Å². The second-order valence-electron chi connectivity index (χ2n) is 5.98. The number of amides is 3. The highest BCUT2D eigenvalue weighted by Crippen LogP contribution is 2.20. The lowest BCUT2D eigenvalue weighted by Gasteiger charge is -2.34. The van der Waals surface area contributed by atoms with Crippen molar-refractivity contribution in [1.29, 1.82) is 0 Å². The van der Waals surface area contributed by atoms with E-state index < -0.39 is 6.03 Å². The van der Waals surface area contributed by atoms with Crippen LogP contribution in [0, 0.1) is 5.92 Å². The van der Waals surface area contributed by atoms with Crippen molar-refractivity contribution in [3.8, 4) is 0 Å². The summed E-state index contributed by atoms with van der Waals surface area (Å²) in [6.07, 6.45) is 3.34. The number of carbonyl (C=O) groups is 3. The summed E-state index contributed by atoms with van der Waals surface area (Å²) in [6, 6.07) is -0.572. The second-order valence-corrected chi connectivity index (χ2v) is 5.98. The molecule has 1 saturated heterocycles. The fourth-order valence-corrected chi connectivity index (χ4v) is 2.61. The summed E-state index contributed by atoms with van der Waals surface area (Å²) in [5.74, 6) is -0.527. The Bertz CT molecular complexity index is 429. The molecule has 124 valence electrons. The van der Waals surface area contributed by atoms with Crippen molar-refractivity contribution < 1.29 is 19.1 Å². The SMILES string of the molecule is CCOC(=O)C1CCN([C@@H](C)C(=O)NC(=O)NC2CC2)CC1. The molecule has 0 aromatic rings. The van der Waals surface area contributed by atoms with Gasteiger partial charge in [0.1, 0.15) is 0 Å². The number of urea groups is 1. The van der Waals surface area contributed by atoms with Crippen LogP contribution in [-0.2, 0) is 14.3 Å². The maximum atomic E-state index is 12.1. The van der Waals surface area contributed by atoms with E-state index in [0.717, 1.165) is 12.8 Å². The number of esters is 1. The topological polar surface area (TPSA) is 87.7 Å². The zero-order valence-corrected chi connectivity index (χ0v) is 13.3. The molecule has 2 aliphatic rings. The van der Waals surface area contributed by atoms with Crippen LogP contribution in [0.4, 0.5) is 4.79 Å². The third-order valence-corrected chi connectivity index (χ3v) is 4.23. The van der Waals surface area contributed by atoms with Crippen LogP contribution in [0.25, 0.3) is 0 Å². The Labute approximate surface area is 130 Å². The van der Waals surface area contributed by atoms with Crippen LogP contribution in [-0.4, -0.2) is 54.6 Å². The number of carbonyl (C=O) groups excluding carboxylic acids is 3. The van der Waals surface area contributed by atoms with Crippen molar-refractivity contribution in [2.45, 2.75) is 51.6 Å². The molecule has 0 unspecified atom stereocenters. The molecule has 2 rings (SSSR count). The van der Waals surface area contributed by atoms with Crippen LogP contribution in [0.2, 0.25) is 0 Å². The molecule has 3 amide bonds. The van der Waals surface area contributed by atoms with E-state index in [1.54, 1.807) is 13.8 Å². The maximum Gasteiger partial charge on any atom is 0.321 e. The molecule has 2 N–H and O–H groups in total. The zero-order valence-electron chi connectivity index (χ0n) is 13.3. The van der Waals surface area contributed by atoms with Gasteiger partial charge in [0.25, 0.3) is 0 Å². The summed E-state index contributed by atoms with van der Waals surface area (Å²) in [4.78, 5) is 37.3. The van der Waals surface area contributed by atoms with Crippen LogP contribution in [0.1, 0.15) is 39.5 Å². The van der Waals surface area contributed by atoms with E-state index in [9.17, 15) is 14.4 Å². The number of hydrogen-bond donors (Lipinski definition) is 2. The Hall–Kier alpha value is -1.63. The quantitative estimate of drug-likeness (QED) is 0.728. The molecular formula is C15H25N3O4. The average Bonchev–Trinajstić information content (AvgIpc) is 3.30. The second kappa shape index (κ2) is 7.58. The number of piperidine rings is 1. The van der Waals surface area contributed by atoms with E-state index in [-0.39, 0.29) is 29.9 Å². The first-order valence-corrected chi connectivity index (χ1v) is 8.03. The monoisotopic (exact) mass is 311 g/mol. The number of rotatable bonds is 5. The molecule has 1 aliphatic carbocycles. The molecule has 2 fully saturated rings. The zero-order chi connectivity index (χ0) is 16.1. The summed E-state index contributed by atoms with van der Waals surface area (Å²) in [5.41, 5.74) is 0. The first kappa shape index (κ1) is 16.7. The number of imide groups is 1. The molecule has 1 saturated carbocycles. The molecule has 0 radical (unpaired) electrons. The van der Waals surface area contributed by atoms with E-state index in [0.29, 0.717) is 32.5 Å². The normalized spacial score (nSPS) is 21.0. The minimum atomic E-state index is -0.416. The fourth-order valence-electron chi connectivity index (χ4n) is 2.61. The molecular weight excluding hydrogens is 286 g/mol. The fraction of sp³-hybridized carbons (Fsp3) is 0.800. The summed E-state index contributed by atoms with van der Waals surface area (Å²) >= 11 is 0. The van der Waals surface area contributed by atoms with Crippen LogP contribution in [0.15, 0.2) is 0 Å². The van der Waals surface area contributed by atoms with Crippen molar-refractivity contribution >= 4 is 17.9 Å². The minimum Gasteiger partial charge on any atom is -0.466 e. The van der Waals surface area contributed by atoms with Gasteiger partial charge in [0, 0.05) is 6.04 Å². The van der Waals surface area contributed by atoms with Crippen LogP contribution in [0.5, 0.6) is 0 Å². The van der Waals surface area contributed by atoms with Gasteiger partial charge < -0.3 is 10.1 Å². The lowest BCUT2D eigenvalue weighted by atomic mass is 9.96. The van der Waals surface area contributed by atoms with Gasteiger partial charge in [-0.05, 0) is 52.6 Å². The van der Waals surface area contributed by atoms with Gasteiger partial charge in [0.2, 0.25) is 5.91 Å². The summed E-state index contributed by atoms with van der Waals surface area (Å²) < 4.78 is 5.03. The Kier molecular flexibility index (Phi) is 5.76. The Morgan fingerprint density at radius 3 is 2.36 bits per heavy atom. The first-order valence-electron chi connectivity index (χ1n) is 8.03. The van der Waals surface area contributed by atoms with E-state index in [2.05, 4.69) is 10.6 Å². The lowest BCUT2D eigenvalue weighted by molar-refractivity contribution is -0.149. The van der Waals surface area contributed by atoms with E-state index >= 15 is 0 Å². The molecule has 0 bridgehead atoms. The van der Waals surface area contributed by atoms with Gasteiger partial charge in [-0.15, -0.1) is 0 Å². The van der Waals surface area contributed by atoms with Crippen LogP contribution >= 0.6 is 0 Å². The highest BCUT2D eigenvalue weighted by atomic mass is 16.5. The third-order valence-electron chi connectivity index (χ3n) is 4.23. The van der Waals surface area contributed by atoms with E-state index in [4.69, 9.17) is 4.74 Å². The van der Waals surface area contributed by atoms with E-state index in [1.807, 2.05) is 4.90 Å². The summed E-state index contributed by atoms with van der Waals surface area (Å²) in [6.45, 7) is 5.29. The van der Waals surface area contributed by atoms with Crippen LogP contribution < -0.4 is 10.6 Å². The molecule has 7 heteroatoms. The first-order chi connectivity index (χ1) is 10.5. The largest absolute Gasteiger partial charge is 0.466 e. The number of hydrogen-bond acceptors (Lipinski definition) is 5. The molecule has 22 heavy (non-hydrogen) atoms. The molecule has 1 aliphatic heterocycles. The molecule has 0 aromatic carbocycles. The number of ether oxygens (including phenoxy) is 1. The predicted molar refractivity (Wildman–Crippen MR) is 80.1 cm³/mol. The molecule has 1 atom stereocenters. The third kappa shape index (κ3) is 4.69. The number of likely N-dealkylation sites (tertiary alicyclic amines) is 1. The summed E-state index contributed by atoms with van der Waals surface area (Å²) in [5, 5.41) is 5.11. The van der Waals surface area contributed by atoms with Gasteiger partial charge in [0.05, 0.1) is 18.6 Å². The standard InChI is InChI=1S/C15H25N3O4/c1-3-22-14(20)11-6-8-18(9-7-11)10(2)13(19)17-15(21)16-12-4-5-12/h10-12H,3-9H2,1-2H3,(H2,16,17,19,21)/t10-/m0/s1. The van der Waals surface area contributed by atoms with Crippen LogP contribution in [0.3, 0.4) is 0 Å². The number of nitrogens with one attached hydrogen (secondary N) is 2. The smallest absolute Gasteiger partial charge is 0.321 e. The van der Waals surface area contributed by atoms with Gasteiger partial charge in [-0.25, -0.2) is 4.79 Å². The van der Waals surface area contributed by atoms with Gasteiger partial charge in [-0.3, -0.25) is 19.8 Å². The summed E-state index contributed by atoms with van der Waals surface area (Å²) in [7, 11) is 0. The van der Waals surface area contributed by atoms with Crippen molar-refractivity contribution in [2.75, 3.05) is 19.7 Å². The average molecular weight is 311 g/mol. The van der Waals surface area contributed by atoms with E-state index in [1.165, 1.54) is 0 Å². The lowest BCUT2D eigenvalue weighted by Crippen LogP contribution is -2.52. The Morgan fingerprint density at radius 2 is 1.82 bits per heavy atom. The molecule has 0 aromatic heterocycles. The Morgan fingerprint density at radius 1 is 1.18 bits per heavy atom. The molecule has 1 heterocycles. The van der Waals surface area contributed by atoms with Crippen molar-refractivity contribution in [1.82, 2.24) is 15.5 Å². The highest BCUT2D eigenvalue weighted by Gasteiger charge is 2.31. The van der Waals surface area contributed by atoms with Crippen molar-refractivity contribution in [3.05, 3.63) is 0 Å². The maximum absolute atomic E-state index is 12.1. The van der Waals surface area contributed by atoms with Crippen molar-refractivity contribution in [3.63, 3.8) is 0 Å². The highest BCUT2D eigenvalue weighted by molar-refractivity contribution is 5.97. The van der Waals surface area contributed by atoms with Gasteiger partial charge in [0.15, 0.2) is 0 Å². The number of nitrogens with zero attached hydrogens (tertiary/aromatic N) is 1. The predicted octanol–water partition coefficient (Wildman–Crippen LogP) is 0.638. The van der Waals surface area contributed by atoms with Crippen molar-refractivity contribution in [2.24, 2.45) is 5.92 Å². The van der Waals surface area contributed by atoms with Gasteiger partial charge in [-0.2, -0.15) is 0 Å². The Balaban J connectivity index is 1.73.